The van der Waals surface area contributed by atoms with Gasteiger partial charge in [-0.2, -0.15) is 4.98 Å². The molecule has 0 atom stereocenters. The standard InChI is InChI=1S/C22H22FN5O/c1-15-13-20(27-22(24-15)28-11-2-3-12-28)25-18-7-9-19(10-8-18)26-21(29)16-5-4-6-17(23)14-16/h4-10,13-14H,2-3,11-12H2,1H3,(H,26,29)(H,24,25,27). The Balaban J connectivity index is 1.44. The van der Waals surface area contributed by atoms with Gasteiger partial charge in [0.2, 0.25) is 5.95 Å². The van der Waals surface area contributed by atoms with Crippen LogP contribution in [0.3, 0.4) is 0 Å². The van der Waals surface area contributed by atoms with Crippen molar-refractivity contribution in [1.82, 2.24) is 9.97 Å². The molecule has 1 fully saturated rings. The van der Waals surface area contributed by atoms with E-state index in [0.717, 1.165) is 36.2 Å². The molecule has 0 aliphatic carbocycles. The van der Waals surface area contributed by atoms with Crippen LogP contribution in [0.2, 0.25) is 0 Å². The molecule has 148 valence electrons. The Morgan fingerprint density at radius 3 is 2.45 bits per heavy atom. The molecule has 1 aromatic heterocycles. The summed E-state index contributed by atoms with van der Waals surface area (Å²) < 4.78 is 13.3. The van der Waals surface area contributed by atoms with Gasteiger partial charge in [-0.05, 0) is 62.2 Å². The lowest BCUT2D eigenvalue weighted by Gasteiger charge is -2.17. The summed E-state index contributed by atoms with van der Waals surface area (Å²) in [6, 6.07) is 14.8. The number of carbonyl (C=O) groups is 1. The number of aromatic nitrogens is 2. The monoisotopic (exact) mass is 391 g/mol. The fourth-order valence-electron chi connectivity index (χ4n) is 3.29. The van der Waals surface area contributed by atoms with E-state index in [1.54, 1.807) is 18.2 Å². The lowest BCUT2D eigenvalue weighted by Crippen LogP contribution is -2.21. The average Bonchev–Trinajstić information content (AvgIpc) is 3.24. The highest BCUT2D eigenvalue weighted by atomic mass is 19.1. The van der Waals surface area contributed by atoms with Gasteiger partial charge in [0, 0.05) is 41.8 Å². The summed E-state index contributed by atoms with van der Waals surface area (Å²) in [7, 11) is 0. The van der Waals surface area contributed by atoms with E-state index >= 15 is 0 Å². The first-order chi connectivity index (χ1) is 14.1. The molecule has 0 bridgehead atoms. The van der Waals surface area contributed by atoms with Crippen molar-refractivity contribution >= 4 is 29.0 Å². The van der Waals surface area contributed by atoms with E-state index in [2.05, 4.69) is 25.5 Å². The van der Waals surface area contributed by atoms with Crippen LogP contribution in [0, 0.1) is 12.7 Å². The number of halogens is 1. The van der Waals surface area contributed by atoms with E-state index in [-0.39, 0.29) is 11.5 Å². The Bertz CT molecular complexity index is 1020. The first-order valence-corrected chi connectivity index (χ1v) is 9.61. The van der Waals surface area contributed by atoms with Crippen LogP contribution < -0.4 is 15.5 Å². The van der Waals surface area contributed by atoms with Crippen molar-refractivity contribution in [2.24, 2.45) is 0 Å². The number of aryl methyl sites for hydroxylation is 1. The van der Waals surface area contributed by atoms with E-state index in [1.807, 2.05) is 25.1 Å². The van der Waals surface area contributed by atoms with E-state index in [4.69, 9.17) is 0 Å². The molecule has 2 N–H and O–H groups in total. The predicted molar refractivity (Wildman–Crippen MR) is 112 cm³/mol. The SMILES string of the molecule is Cc1cc(Nc2ccc(NC(=O)c3cccc(F)c3)cc2)nc(N2CCCC2)n1. The summed E-state index contributed by atoms with van der Waals surface area (Å²) in [4.78, 5) is 23.6. The molecule has 3 aromatic rings. The van der Waals surface area contributed by atoms with Crippen LogP contribution in [0.15, 0.2) is 54.6 Å². The molecule has 29 heavy (non-hydrogen) atoms. The van der Waals surface area contributed by atoms with Gasteiger partial charge in [0.05, 0.1) is 0 Å². The smallest absolute Gasteiger partial charge is 0.255 e. The Morgan fingerprint density at radius 1 is 1.00 bits per heavy atom. The van der Waals surface area contributed by atoms with E-state index in [1.165, 1.54) is 31.0 Å². The third-order valence-electron chi connectivity index (χ3n) is 4.73. The quantitative estimate of drug-likeness (QED) is 0.669. The van der Waals surface area contributed by atoms with Crippen LogP contribution in [0.4, 0.5) is 27.5 Å². The zero-order valence-corrected chi connectivity index (χ0v) is 16.2. The fraction of sp³-hybridized carbons (Fsp3) is 0.227. The molecule has 0 radical (unpaired) electrons. The zero-order valence-electron chi connectivity index (χ0n) is 16.2. The summed E-state index contributed by atoms with van der Waals surface area (Å²) >= 11 is 0. The van der Waals surface area contributed by atoms with Gasteiger partial charge in [0.25, 0.3) is 5.91 Å². The molecule has 2 heterocycles. The molecule has 2 aromatic carbocycles. The normalized spacial score (nSPS) is 13.4. The summed E-state index contributed by atoms with van der Waals surface area (Å²) in [5.41, 5.74) is 2.65. The van der Waals surface area contributed by atoms with Gasteiger partial charge in [-0.3, -0.25) is 4.79 Å². The summed E-state index contributed by atoms with van der Waals surface area (Å²) in [5, 5.41) is 6.05. The highest BCUT2D eigenvalue weighted by molar-refractivity contribution is 6.04. The lowest BCUT2D eigenvalue weighted by molar-refractivity contribution is 0.102. The Kier molecular flexibility index (Phi) is 5.37. The van der Waals surface area contributed by atoms with Gasteiger partial charge < -0.3 is 15.5 Å². The number of benzene rings is 2. The van der Waals surface area contributed by atoms with Gasteiger partial charge in [0.15, 0.2) is 0 Å². The molecule has 1 aliphatic rings. The van der Waals surface area contributed by atoms with Crippen LogP contribution in [0.1, 0.15) is 28.9 Å². The Hall–Kier alpha value is -3.48. The number of carbonyl (C=O) groups excluding carboxylic acids is 1. The number of nitrogens with one attached hydrogen (secondary N) is 2. The molecular formula is C22H22FN5O. The zero-order chi connectivity index (χ0) is 20.2. The maximum absolute atomic E-state index is 13.3. The van der Waals surface area contributed by atoms with Crippen molar-refractivity contribution in [3.05, 3.63) is 71.7 Å². The minimum absolute atomic E-state index is 0.276. The maximum Gasteiger partial charge on any atom is 0.255 e. The molecule has 1 saturated heterocycles. The number of hydrogen-bond acceptors (Lipinski definition) is 5. The molecular weight excluding hydrogens is 369 g/mol. The van der Waals surface area contributed by atoms with E-state index < -0.39 is 5.82 Å². The van der Waals surface area contributed by atoms with Gasteiger partial charge in [-0.15, -0.1) is 0 Å². The third-order valence-corrected chi connectivity index (χ3v) is 4.73. The largest absolute Gasteiger partial charge is 0.341 e. The topological polar surface area (TPSA) is 70.2 Å². The number of amides is 1. The lowest BCUT2D eigenvalue weighted by atomic mass is 10.2. The number of rotatable bonds is 5. The molecule has 0 saturated carbocycles. The minimum Gasteiger partial charge on any atom is -0.341 e. The first-order valence-electron chi connectivity index (χ1n) is 9.61. The van der Waals surface area contributed by atoms with Crippen molar-refractivity contribution in [3.8, 4) is 0 Å². The van der Waals surface area contributed by atoms with Crippen LogP contribution in [0.5, 0.6) is 0 Å². The maximum atomic E-state index is 13.3. The Labute approximate surface area is 168 Å². The highest BCUT2D eigenvalue weighted by Gasteiger charge is 2.16. The second kappa shape index (κ2) is 8.26. The van der Waals surface area contributed by atoms with E-state index in [9.17, 15) is 9.18 Å². The van der Waals surface area contributed by atoms with Crippen molar-refractivity contribution in [2.45, 2.75) is 19.8 Å². The molecule has 4 rings (SSSR count). The van der Waals surface area contributed by atoms with E-state index in [0.29, 0.717) is 5.69 Å². The van der Waals surface area contributed by atoms with Crippen molar-refractivity contribution in [1.29, 1.82) is 0 Å². The molecule has 7 heteroatoms. The Morgan fingerprint density at radius 2 is 1.72 bits per heavy atom. The van der Waals surface area contributed by atoms with Crippen LogP contribution in [-0.2, 0) is 0 Å². The van der Waals surface area contributed by atoms with Crippen LogP contribution >= 0.6 is 0 Å². The molecule has 0 unspecified atom stereocenters. The second-order valence-electron chi connectivity index (χ2n) is 7.06. The van der Waals surface area contributed by atoms with Crippen LogP contribution in [0.25, 0.3) is 0 Å². The fourth-order valence-corrected chi connectivity index (χ4v) is 3.29. The van der Waals surface area contributed by atoms with Crippen molar-refractivity contribution in [2.75, 3.05) is 28.6 Å². The van der Waals surface area contributed by atoms with Gasteiger partial charge in [-0.25, -0.2) is 9.37 Å². The third kappa shape index (κ3) is 4.68. The summed E-state index contributed by atoms with van der Waals surface area (Å²) in [5.74, 6) is 0.692. The van der Waals surface area contributed by atoms with Crippen molar-refractivity contribution in [3.63, 3.8) is 0 Å². The second-order valence-corrected chi connectivity index (χ2v) is 7.06. The molecule has 1 aliphatic heterocycles. The van der Waals surface area contributed by atoms with Crippen molar-refractivity contribution < 1.29 is 9.18 Å². The predicted octanol–water partition coefficient (Wildman–Crippen LogP) is 4.52. The summed E-state index contributed by atoms with van der Waals surface area (Å²) in [6.07, 6.45) is 2.34. The van der Waals surface area contributed by atoms with Gasteiger partial charge >= 0.3 is 0 Å². The van der Waals surface area contributed by atoms with Gasteiger partial charge in [-0.1, -0.05) is 6.07 Å². The highest BCUT2D eigenvalue weighted by Crippen LogP contribution is 2.22. The first kappa shape index (κ1) is 18.9. The minimum atomic E-state index is -0.439. The van der Waals surface area contributed by atoms with Gasteiger partial charge in [0.1, 0.15) is 11.6 Å². The number of hydrogen-bond donors (Lipinski definition) is 2. The summed E-state index contributed by atoms with van der Waals surface area (Å²) in [6.45, 7) is 3.93. The number of nitrogens with zero attached hydrogens (tertiary/aromatic N) is 3. The molecule has 6 nitrogen and oxygen atoms in total. The molecule has 1 amide bonds. The number of anilines is 4. The van der Waals surface area contributed by atoms with Crippen LogP contribution in [-0.4, -0.2) is 29.0 Å². The average molecular weight is 391 g/mol. The molecule has 0 spiro atoms.